The van der Waals surface area contributed by atoms with Crippen molar-refractivity contribution in [1.82, 2.24) is 15.3 Å². The van der Waals surface area contributed by atoms with Crippen LogP contribution in [0.4, 0.5) is 0 Å². The van der Waals surface area contributed by atoms with Gasteiger partial charge in [-0.15, -0.1) is 0 Å². The van der Waals surface area contributed by atoms with Gasteiger partial charge >= 0.3 is 0 Å². The highest BCUT2D eigenvalue weighted by atomic mass is 14.9. The van der Waals surface area contributed by atoms with E-state index in [0.29, 0.717) is 12.0 Å². The van der Waals surface area contributed by atoms with Crippen molar-refractivity contribution in [2.75, 3.05) is 6.54 Å². The van der Waals surface area contributed by atoms with E-state index < -0.39 is 0 Å². The van der Waals surface area contributed by atoms with Gasteiger partial charge in [0.2, 0.25) is 0 Å². The van der Waals surface area contributed by atoms with Gasteiger partial charge in [0.05, 0.1) is 0 Å². The Kier molecular flexibility index (Phi) is 4.69. The first-order valence-corrected chi connectivity index (χ1v) is 5.71. The van der Waals surface area contributed by atoms with Gasteiger partial charge in [-0.05, 0) is 25.5 Å². The van der Waals surface area contributed by atoms with E-state index in [0.717, 1.165) is 24.4 Å². The standard InChI is InChI=1S/C12H21N3/c1-5-11(13-6-2)10(4)12-14-7-9(3)8-15-12/h7-8,10-11,13H,5-6H2,1-4H3. The third-order valence-corrected chi connectivity index (χ3v) is 2.72. The number of likely N-dealkylation sites (N-methyl/N-ethyl adjacent to an activating group) is 1. The zero-order valence-electron chi connectivity index (χ0n) is 10.1. The Bertz CT molecular complexity index is 281. The summed E-state index contributed by atoms with van der Waals surface area (Å²) in [6, 6.07) is 0.470. The Hall–Kier alpha value is -0.960. The van der Waals surface area contributed by atoms with Crippen molar-refractivity contribution in [3.63, 3.8) is 0 Å². The number of aryl methyl sites for hydroxylation is 1. The highest BCUT2D eigenvalue weighted by Gasteiger charge is 2.18. The monoisotopic (exact) mass is 207 g/mol. The molecule has 0 aliphatic heterocycles. The molecule has 0 aliphatic carbocycles. The van der Waals surface area contributed by atoms with Gasteiger partial charge in [-0.1, -0.05) is 20.8 Å². The van der Waals surface area contributed by atoms with Crippen LogP contribution in [0.25, 0.3) is 0 Å². The molecule has 0 spiro atoms. The van der Waals surface area contributed by atoms with Crippen LogP contribution >= 0.6 is 0 Å². The van der Waals surface area contributed by atoms with Gasteiger partial charge in [0.15, 0.2) is 0 Å². The molecule has 1 heterocycles. The maximum Gasteiger partial charge on any atom is 0.132 e. The second kappa shape index (κ2) is 5.81. The summed E-state index contributed by atoms with van der Waals surface area (Å²) in [7, 11) is 0. The molecule has 1 N–H and O–H groups in total. The average molecular weight is 207 g/mol. The van der Waals surface area contributed by atoms with Crippen molar-refractivity contribution in [2.24, 2.45) is 0 Å². The van der Waals surface area contributed by atoms with Crippen molar-refractivity contribution < 1.29 is 0 Å². The molecule has 1 aromatic rings. The van der Waals surface area contributed by atoms with E-state index in [1.165, 1.54) is 0 Å². The molecule has 0 amide bonds. The van der Waals surface area contributed by atoms with Crippen LogP contribution in [0.2, 0.25) is 0 Å². The lowest BCUT2D eigenvalue weighted by Crippen LogP contribution is -2.33. The molecule has 0 aromatic carbocycles. The Morgan fingerprint density at radius 3 is 2.33 bits per heavy atom. The number of nitrogens with one attached hydrogen (secondary N) is 1. The molecule has 84 valence electrons. The molecule has 0 fully saturated rings. The number of aromatic nitrogens is 2. The predicted octanol–water partition coefficient (Wildman–Crippen LogP) is 2.28. The SMILES string of the molecule is CCNC(CC)C(C)c1ncc(C)cn1. The molecule has 0 saturated heterocycles. The van der Waals surface area contributed by atoms with Crippen LogP contribution in [0.3, 0.4) is 0 Å². The number of nitrogens with zero attached hydrogens (tertiary/aromatic N) is 2. The summed E-state index contributed by atoms with van der Waals surface area (Å²) in [4.78, 5) is 8.76. The lowest BCUT2D eigenvalue weighted by atomic mass is 9.98. The third kappa shape index (κ3) is 3.27. The summed E-state index contributed by atoms with van der Waals surface area (Å²) < 4.78 is 0. The molecule has 2 atom stereocenters. The van der Waals surface area contributed by atoms with Crippen LogP contribution in [-0.2, 0) is 0 Å². The molecule has 15 heavy (non-hydrogen) atoms. The van der Waals surface area contributed by atoms with Gasteiger partial charge in [0.25, 0.3) is 0 Å². The summed E-state index contributed by atoms with van der Waals surface area (Å²) in [5, 5.41) is 3.47. The minimum absolute atomic E-state index is 0.371. The Labute approximate surface area is 92.3 Å². The van der Waals surface area contributed by atoms with E-state index in [9.17, 15) is 0 Å². The molecule has 1 aromatic heterocycles. The van der Waals surface area contributed by atoms with Gasteiger partial charge in [0, 0.05) is 24.4 Å². The maximum atomic E-state index is 4.38. The summed E-state index contributed by atoms with van der Waals surface area (Å²) >= 11 is 0. The van der Waals surface area contributed by atoms with E-state index in [1.54, 1.807) is 0 Å². The average Bonchev–Trinajstić information content (AvgIpc) is 2.26. The molecule has 0 saturated carbocycles. The lowest BCUT2D eigenvalue weighted by Gasteiger charge is -2.22. The van der Waals surface area contributed by atoms with Crippen LogP contribution in [-0.4, -0.2) is 22.6 Å². The number of hydrogen-bond donors (Lipinski definition) is 1. The zero-order chi connectivity index (χ0) is 11.3. The smallest absolute Gasteiger partial charge is 0.132 e. The fourth-order valence-corrected chi connectivity index (χ4v) is 1.75. The topological polar surface area (TPSA) is 37.8 Å². The molecule has 1 rings (SSSR count). The molecule has 3 nitrogen and oxygen atoms in total. The predicted molar refractivity (Wildman–Crippen MR) is 62.9 cm³/mol. The molecule has 0 bridgehead atoms. The fraction of sp³-hybridized carbons (Fsp3) is 0.667. The first-order valence-electron chi connectivity index (χ1n) is 5.71. The van der Waals surface area contributed by atoms with Gasteiger partial charge < -0.3 is 5.32 Å². The van der Waals surface area contributed by atoms with Gasteiger partial charge in [-0.25, -0.2) is 9.97 Å². The maximum absolute atomic E-state index is 4.38. The van der Waals surface area contributed by atoms with E-state index in [-0.39, 0.29) is 0 Å². The van der Waals surface area contributed by atoms with Crippen molar-refractivity contribution in [2.45, 2.75) is 46.1 Å². The van der Waals surface area contributed by atoms with Crippen molar-refractivity contribution in [3.05, 3.63) is 23.8 Å². The highest BCUT2D eigenvalue weighted by Crippen LogP contribution is 2.17. The number of hydrogen-bond acceptors (Lipinski definition) is 3. The molecule has 0 aliphatic rings. The highest BCUT2D eigenvalue weighted by molar-refractivity contribution is 5.06. The Balaban J connectivity index is 2.73. The van der Waals surface area contributed by atoms with Gasteiger partial charge in [-0.2, -0.15) is 0 Å². The van der Waals surface area contributed by atoms with Crippen molar-refractivity contribution >= 4 is 0 Å². The third-order valence-electron chi connectivity index (χ3n) is 2.72. The molecular weight excluding hydrogens is 186 g/mol. The summed E-state index contributed by atoms with van der Waals surface area (Å²) in [5.41, 5.74) is 1.11. The van der Waals surface area contributed by atoms with E-state index in [2.05, 4.69) is 36.1 Å². The van der Waals surface area contributed by atoms with Crippen molar-refractivity contribution in [1.29, 1.82) is 0 Å². The normalized spacial score (nSPS) is 14.9. The largest absolute Gasteiger partial charge is 0.314 e. The van der Waals surface area contributed by atoms with Gasteiger partial charge in [-0.3, -0.25) is 0 Å². The quantitative estimate of drug-likeness (QED) is 0.805. The fourth-order valence-electron chi connectivity index (χ4n) is 1.75. The van der Waals surface area contributed by atoms with Crippen LogP contribution in [0, 0.1) is 6.92 Å². The summed E-state index contributed by atoms with van der Waals surface area (Å²) in [6.07, 6.45) is 4.88. The second-order valence-electron chi connectivity index (χ2n) is 3.98. The van der Waals surface area contributed by atoms with Crippen LogP contribution in [0.1, 0.15) is 44.5 Å². The summed E-state index contributed by atoms with van der Waals surface area (Å²) in [6.45, 7) is 9.51. The summed E-state index contributed by atoms with van der Waals surface area (Å²) in [5.74, 6) is 1.31. The van der Waals surface area contributed by atoms with E-state index >= 15 is 0 Å². The van der Waals surface area contributed by atoms with Crippen LogP contribution in [0.15, 0.2) is 12.4 Å². The first kappa shape index (κ1) is 12.1. The van der Waals surface area contributed by atoms with E-state index in [1.807, 2.05) is 19.3 Å². The number of rotatable bonds is 5. The van der Waals surface area contributed by atoms with Gasteiger partial charge in [0.1, 0.15) is 5.82 Å². The van der Waals surface area contributed by atoms with E-state index in [4.69, 9.17) is 0 Å². The molecular formula is C12H21N3. The molecule has 3 heteroatoms. The Morgan fingerprint density at radius 1 is 1.27 bits per heavy atom. The first-order chi connectivity index (χ1) is 7.19. The van der Waals surface area contributed by atoms with Crippen LogP contribution < -0.4 is 5.32 Å². The zero-order valence-corrected chi connectivity index (χ0v) is 10.1. The Morgan fingerprint density at radius 2 is 1.87 bits per heavy atom. The van der Waals surface area contributed by atoms with Crippen LogP contribution in [0.5, 0.6) is 0 Å². The minimum atomic E-state index is 0.371. The molecule has 2 unspecified atom stereocenters. The molecule has 0 radical (unpaired) electrons. The lowest BCUT2D eigenvalue weighted by molar-refractivity contribution is 0.435. The van der Waals surface area contributed by atoms with Crippen molar-refractivity contribution in [3.8, 4) is 0 Å². The minimum Gasteiger partial charge on any atom is -0.314 e. The second-order valence-corrected chi connectivity index (χ2v) is 3.98.